The number of aryl methyl sites for hydroxylation is 2. The summed E-state index contributed by atoms with van der Waals surface area (Å²) in [5, 5.41) is 7.90. The van der Waals surface area contributed by atoms with Gasteiger partial charge in [0.2, 0.25) is 5.91 Å². The molecule has 0 aliphatic rings. The minimum absolute atomic E-state index is 0.0440. The fourth-order valence-electron chi connectivity index (χ4n) is 4.64. The van der Waals surface area contributed by atoms with Crippen LogP contribution in [0.3, 0.4) is 0 Å². The highest BCUT2D eigenvalue weighted by atomic mass is 35.5. The first-order valence-electron chi connectivity index (χ1n) is 14.7. The molecule has 3 N–H and O–H groups in total. The minimum Gasteiger partial charge on any atom is -0.325 e. The summed E-state index contributed by atoms with van der Waals surface area (Å²) in [4.78, 5) is 40.9. The van der Waals surface area contributed by atoms with E-state index in [0.29, 0.717) is 21.8 Å². The van der Waals surface area contributed by atoms with Crippen molar-refractivity contribution in [3.05, 3.63) is 166 Å². The summed E-state index contributed by atoms with van der Waals surface area (Å²) in [7, 11) is 0. The molecule has 5 rings (SSSR count). The lowest BCUT2D eigenvalue weighted by Crippen LogP contribution is -2.30. The number of hydrogen-bond donors (Lipinski definition) is 3. The molecule has 6 nitrogen and oxygen atoms in total. The SMILES string of the molecule is Cc1ccc(NC(=O)C(Sc2cccc(NC(=O)/C(=C\c3c(F)cccc3Cl)NC(=O)c3ccccc3)c2)c2ccccc2)cc1C. The number of carbonyl (C=O) groups is 3. The van der Waals surface area contributed by atoms with Gasteiger partial charge in [-0.2, -0.15) is 0 Å². The minimum atomic E-state index is -0.692. The Hall–Kier alpha value is -5.18. The van der Waals surface area contributed by atoms with Gasteiger partial charge >= 0.3 is 0 Å². The van der Waals surface area contributed by atoms with Gasteiger partial charge in [0.15, 0.2) is 0 Å². The van der Waals surface area contributed by atoms with Crippen LogP contribution in [0.2, 0.25) is 5.02 Å². The van der Waals surface area contributed by atoms with Crippen molar-refractivity contribution in [2.45, 2.75) is 24.0 Å². The number of anilines is 2. The van der Waals surface area contributed by atoms with E-state index in [9.17, 15) is 18.8 Å². The summed E-state index contributed by atoms with van der Waals surface area (Å²) >= 11 is 7.56. The Morgan fingerprint density at radius 3 is 2.13 bits per heavy atom. The Bertz CT molecular complexity index is 1930. The van der Waals surface area contributed by atoms with Crippen LogP contribution in [-0.4, -0.2) is 17.7 Å². The van der Waals surface area contributed by atoms with E-state index in [1.165, 1.54) is 36.0 Å². The van der Waals surface area contributed by atoms with Crippen LogP contribution in [0.5, 0.6) is 0 Å². The van der Waals surface area contributed by atoms with Crippen molar-refractivity contribution >= 4 is 58.5 Å². The van der Waals surface area contributed by atoms with Gasteiger partial charge in [0, 0.05) is 27.4 Å². The number of benzene rings is 5. The topological polar surface area (TPSA) is 87.3 Å². The smallest absolute Gasteiger partial charge is 0.272 e. The Kier molecular flexibility index (Phi) is 10.9. The highest BCUT2D eigenvalue weighted by molar-refractivity contribution is 8.00. The van der Waals surface area contributed by atoms with E-state index in [1.807, 2.05) is 68.4 Å². The van der Waals surface area contributed by atoms with Crippen LogP contribution < -0.4 is 16.0 Å². The van der Waals surface area contributed by atoms with E-state index >= 15 is 0 Å². The van der Waals surface area contributed by atoms with Crippen molar-refractivity contribution in [3.8, 4) is 0 Å². The number of amides is 3. The molecule has 0 aliphatic heterocycles. The molecule has 1 unspecified atom stereocenters. The molecule has 3 amide bonds. The molecule has 0 saturated heterocycles. The fraction of sp³-hybridized carbons (Fsp3) is 0.0789. The van der Waals surface area contributed by atoms with Crippen LogP contribution >= 0.6 is 23.4 Å². The standard InChI is InChI=1S/C38H31ClFN3O3S/c1-24-19-20-29(21-25(24)2)42-38(46)35(26-11-5-3-6-12-26)47-30-16-9-15-28(22-30)41-37(45)34(23-31-32(39)17-10-18-33(31)40)43-36(44)27-13-7-4-8-14-27/h3-23,35H,1-2H3,(H,41,45)(H,42,46)(H,43,44)/b34-23+. The summed E-state index contributed by atoms with van der Waals surface area (Å²) in [6.07, 6.45) is 1.20. The number of hydrogen-bond acceptors (Lipinski definition) is 4. The van der Waals surface area contributed by atoms with Gasteiger partial charge < -0.3 is 16.0 Å². The zero-order chi connectivity index (χ0) is 33.3. The second-order valence-electron chi connectivity index (χ2n) is 10.7. The van der Waals surface area contributed by atoms with Gasteiger partial charge in [-0.25, -0.2) is 4.39 Å². The van der Waals surface area contributed by atoms with E-state index in [2.05, 4.69) is 16.0 Å². The van der Waals surface area contributed by atoms with E-state index in [-0.39, 0.29) is 22.2 Å². The number of thioether (sulfide) groups is 1. The van der Waals surface area contributed by atoms with Crippen molar-refractivity contribution in [1.29, 1.82) is 0 Å². The van der Waals surface area contributed by atoms with Gasteiger partial charge in [-0.1, -0.05) is 78.3 Å². The molecule has 5 aromatic carbocycles. The predicted octanol–water partition coefficient (Wildman–Crippen LogP) is 8.98. The van der Waals surface area contributed by atoms with Gasteiger partial charge in [-0.15, -0.1) is 11.8 Å². The third-order valence-electron chi connectivity index (χ3n) is 7.28. The van der Waals surface area contributed by atoms with Crippen molar-refractivity contribution in [1.82, 2.24) is 5.32 Å². The summed E-state index contributed by atoms with van der Waals surface area (Å²) in [6.45, 7) is 4.01. The Balaban J connectivity index is 1.40. The molecule has 0 heterocycles. The first-order valence-corrected chi connectivity index (χ1v) is 16.0. The number of halogens is 2. The molecule has 0 radical (unpaired) electrons. The first-order chi connectivity index (χ1) is 22.7. The van der Waals surface area contributed by atoms with Gasteiger partial charge in [0.25, 0.3) is 11.8 Å². The third-order valence-corrected chi connectivity index (χ3v) is 8.86. The monoisotopic (exact) mass is 663 g/mol. The molecule has 5 aromatic rings. The quantitative estimate of drug-likeness (QED) is 0.103. The van der Waals surface area contributed by atoms with Crippen molar-refractivity contribution in [2.75, 3.05) is 10.6 Å². The molecule has 1 atom stereocenters. The van der Waals surface area contributed by atoms with Gasteiger partial charge in [0.1, 0.15) is 16.8 Å². The molecule has 9 heteroatoms. The molecule has 47 heavy (non-hydrogen) atoms. The van der Waals surface area contributed by atoms with Gasteiger partial charge in [-0.05, 0) is 91.2 Å². The maximum Gasteiger partial charge on any atom is 0.272 e. The lowest BCUT2D eigenvalue weighted by molar-refractivity contribution is -0.116. The third kappa shape index (κ3) is 8.76. The van der Waals surface area contributed by atoms with Crippen LogP contribution in [0, 0.1) is 19.7 Å². The van der Waals surface area contributed by atoms with Crippen molar-refractivity contribution in [2.24, 2.45) is 0 Å². The van der Waals surface area contributed by atoms with Crippen LogP contribution in [0.1, 0.15) is 37.9 Å². The van der Waals surface area contributed by atoms with E-state index in [0.717, 1.165) is 16.7 Å². The number of nitrogens with one attached hydrogen (secondary N) is 3. The molecule has 0 saturated carbocycles. The lowest BCUT2D eigenvalue weighted by Gasteiger charge is -2.18. The van der Waals surface area contributed by atoms with Crippen LogP contribution in [0.4, 0.5) is 15.8 Å². The summed E-state index contributed by atoms with van der Waals surface area (Å²) < 4.78 is 14.7. The Labute approximate surface area is 282 Å². The van der Waals surface area contributed by atoms with Crippen LogP contribution in [-0.2, 0) is 9.59 Å². The zero-order valence-corrected chi connectivity index (χ0v) is 27.2. The van der Waals surface area contributed by atoms with Crippen molar-refractivity contribution in [3.63, 3.8) is 0 Å². The Morgan fingerprint density at radius 1 is 0.745 bits per heavy atom. The van der Waals surface area contributed by atoms with Gasteiger partial charge in [-0.3, -0.25) is 14.4 Å². The molecular weight excluding hydrogens is 633 g/mol. The second kappa shape index (κ2) is 15.4. The molecule has 0 aromatic heterocycles. The molecule has 236 valence electrons. The zero-order valence-electron chi connectivity index (χ0n) is 25.6. The number of carbonyl (C=O) groups excluding carboxylic acids is 3. The van der Waals surface area contributed by atoms with Gasteiger partial charge in [0.05, 0.1) is 5.02 Å². The fourth-order valence-corrected chi connectivity index (χ4v) is 5.95. The molecule has 0 aliphatic carbocycles. The maximum absolute atomic E-state index is 14.7. The maximum atomic E-state index is 14.7. The summed E-state index contributed by atoms with van der Waals surface area (Å²) in [5.41, 5.74) is 4.18. The Morgan fingerprint density at radius 2 is 1.43 bits per heavy atom. The highest BCUT2D eigenvalue weighted by Gasteiger charge is 2.23. The lowest BCUT2D eigenvalue weighted by atomic mass is 10.1. The van der Waals surface area contributed by atoms with Crippen molar-refractivity contribution < 1.29 is 18.8 Å². The largest absolute Gasteiger partial charge is 0.325 e. The average molecular weight is 664 g/mol. The number of rotatable bonds is 10. The highest BCUT2D eigenvalue weighted by Crippen LogP contribution is 2.37. The molecule has 0 spiro atoms. The second-order valence-corrected chi connectivity index (χ2v) is 12.3. The summed E-state index contributed by atoms with van der Waals surface area (Å²) in [6, 6.07) is 34.7. The van der Waals surface area contributed by atoms with Crippen LogP contribution in [0.25, 0.3) is 6.08 Å². The molecule has 0 fully saturated rings. The summed E-state index contributed by atoms with van der Waals surface area (Å²) in [5.74, 6) is -2.09. The van der Waals surface area contributed by atoms with E-state index in [4.69, 9.17) is 11.6 Å². The normalized spacial score (nSPS) is 11.8. The molecule has 0 bridgehead atoms. The van der Waals surface area contributed by atoms with E-state index < -0.39 is 22.9 Å². The predicted molar refractivity (Wildman–Crippen MR) is 188 cm³/mol. The van der Waals surface area contributed by atoms with Crippen LogP contribution in [0.15, 0.2) is 132 Å². The van der Waals surface area contributed by atoms with E-state index in [1.54, 1.807) is 48.5 Å². The first kappa shape index (κ1) is 33.2. The average Bonchev–Trinajstić information content (AvgIpc) is 3.07. The molecular formula is C38H31ClFN3O3S.